The molecule has 4 rings (SSSR count). The molecule has 7 nitrogen and oxygen atoms in total. The van der Waals surface area contributed by atoms with Crippen LogP contribution in [0.2, 0.25) is 0 Å². The van der Waals surface area contributed by atoms with E-state index in [0.29, 0.717) is 25.7 Å². The van der Waals surface area contributed by atoms with E-state index in [1.165, 1.54) is 12.8 Å². The molecule has 1 aromatic carbocycles. The van der Waals surface area contributed by atoms with Gasteiger partial charge in [-0.1, -0.05) is 0 Å². The van der Waals surface area contributed by atoms with Crippen molar-refractivity contribution in [2.24, 2.45) is 10.9 Å². The smallest absolute Gasteiger partial charge is 0.196 e. The highest BCUT2D eigenvalue weighted by molar-refractivity contribution is 14.0. The summed E-state index contributed by atoms with van der Waals surface area (Å²) in [5.41, 5.74) is 0.893. The van der Waals surface area contributed by atoms with Crippen LogP contribution in [0.1, 0.15) is 31.4 Å². The second-order valence-corrected chi connectivity index (χ2v) is 7.38. The molecule has 0 amide bonds. The lowest BCUT2D eigenvalue weighted by Crippen LogP contribution is -2.32. The molecule has 1 aliphatic carbocycles. The number of anilines is 1. The molecule has 0 unspecified atom stereocenters. The summed E-state index contributed by atoms with van der Waals surface area (Å²) in [6.45, 7) is 4.24. The molecular formula is C22H30IN3O4. The first-order valence-electron chi connectivity index (χ1n) is 10.4. The minimum absolute atomic E-state index is 0. The van der Waals surface area contributed by atoms with Crippen molar-refractivity contribution < 1.29 is 18.6 Å². The molecule has 2 aliphatic rings. The summed E-state index contributed by atoms with van der Waals surface area (Å²) >= 11 is 0. The van der Waals surface area contributed by atoms with Crippen molar-refractivity contribution >= 4 is 35.6 Å². The number of hydrogen-bond acceptors (Lipinski definition) is 5. The van der Waals surface area contributed by atoms with Crippen molar-refractivity contribution in [2.75, 3.05) is 38.3 Å². The van der Waals surface area contributed by atoms with Crippen molar-refractivity contribution in [1.29, 1.82) is 0 Å². The Morgan fingerprint density at radius 3 is 2.80 bits per heavy atom. The van der Waals surface area contributed by atoms with Crippen LogP contribution in [-0.4, -0.2) is 38.9 Å². The molecule has 1 saturated carbocycles. The lowest BCUT2D eigenvalue weighted by molar-refractivity contribution is 0.123. The number of halogens is 1. The third-order valence-electron chi connectivity index (χ3n) is 4.79. The molecule has 0 atom stereocenters. The van der Waals surface area contributed by atoms with Crippen LogP contribution in [0.25, 0.3) is 0 Å². The van der Waals surface area contributed by atoms with Crippen LogP contribution >= 0.6 is 24.0 Å². The van der Waals surface area contributed by atoms with Gasteiger partial charge in [0, 0.05) is 37.9 Å². The molecule has 8 heteroatoms. The molecule has 164 valence electrons. The van der Waals surface area contributed by atoms with E-state index in [1.807, 2.05) is 30.3 Å². The molecule has 1 aromatic heterocycles. The molecule has 1 fully saturated rings. The summed E-state index contributed by atoms with van der Waals surface area (Å²) < 4.78 is 22.6. The Morgan fingerprint density at radius 2 is 2.00 bits per heavy atom. The first-order chi connectivity index (χ1) is 14.4. The fourth-order valence-corrected chi connectivity index (χ4v) is 2.99. The van der Waals surface area contributed by atoms with Gasteiger partial charge < -0.3 is 29.3 Å². The molecule has 2 N–H and O–H groups in total. The summed E-state index contributed by atoms with van der Waals surface area (Å²) in [4.78, 5) is 4.64. The third-order valence-corrected chi connectivity index (χ3v) is 4.79. The largest absolute Gasteiger partial charge is 0.490 e. The van der Waals surface area contributed by atoms with Crippen LogP contribution in [-0.2, 0) is 11.3 Å². The lowest BCUT2D eigenvalue weighted by atomic mass is 10.2. The highest BCUT2D eigenvalue weighted by atomic mass is 127. The Hall–Kier alpha value is -1.94. The van der Waals surface area contributed by atoms with Crippen LogP contribution in [0.4, 0.5) is 5.69 Å². The first-order valence-corrected chi connectivity index (χ1v) is 10.4. The molecule has 1 aliphatic heterocycles. The summed E-state index contributed by atoms with van der Waals surface area (Å²) in [6.07, 6.45) is 6.11. The Morgan fingerprint density at radius 1 is 1.13 bits per heavy atom. The van der Waals surface area contributed by atoms with Gasteiger partial charge >= 0.3 is 0 Å². The minimum atomic E-state index is 0. The summed E-state index contributed by atoms with van der Waals surface area (Å²) in [7, 11) is 0. The second-order valence-electron chi connectivity index (χ2n) is 7.38. The van der Waals surface area contributed by atoms with E-state index in [4.69, 9.17) is 18.6 Å². The van der Waals surface area contributed by atoms with E-state index >= 15 is 0 Å². The average Bonchev–Trinajstić information content (AvgIpc) is 3.47. The number of rotatable bonds is 9. The second kappa shape index (κ2) is 12.0. The number of ether oxygens (including phenoxy) is 3. The number of guanidine groups is 1. The van der Waals surface area contributed by atoms with Gasteiger partial charge in [-0.2, -0.15) is 0 Å². The molecule has 0 saturated heterocycles. The zero-order valence-electron chi connectivity index (χ0n) is 17.1. The van der Waals surface area contributed by atoms with Crippen molar-refractivity contribution in [3.8, 4) is 11.5 Å². The van der Waals surface area contributed by atoms with Crippen LogP contribution in [0.3, 0.4) is 0 Å². The monoisotopic (exact) mass is 527 g/mol. The van der Waals surface area contributed by atoms with Crippen molar-refractivity contribution in [3.63, 3.8) is 0 Å². The van der Waals surface area contributed by atoms with Gasteiger partial charge in [-0.3, -0.25) is 0 Å². The van der Waals surface area contributed by atoms with Crippen molar-refractivity contribution in [3.05, 3.63) is 42.4 Å². The number of aliphatic imine (C=N–C) groups is 1. The zero-order valence-corrected chi connectivity index (χ0v) is 19.4. The normalized spacial score (nSPS) is 15.8. The number of furan rings is 1. The van der Waals surface area contributed by atoms with Crippen molar-refractivity contribution in [1.82, 2.24) is 5.32 Å². The number of nitrogens with one attached hydrogen (secondary N) is 2. The van der Waals surface area contributed by atoms with Gasteiger partial charge in [0.25, 0.3) is 0 Å². The van der Waals surface area contributed by atoms with Gasteiger partial charge in [-0.25, -0.2) is 4.99 Å². The first kappa shape index (κ1) is 22.7. The van der Waals surface area contributed by atoms with E-state index in [0.717, 1.165) is 61.5 Å². The Labute approximate surface area is 194 Å². The van der Waals surface area contributed by atoms with E-state index in [2.05, 4.69) is 15.6 Å². The minimum Gasteiger partial charge on any atom is -0.490 e. The van der Waals surface area contributed by atoms with Gasteiger partial charge in [0.05, 0.1) is 19.5 Å². The highest BCUT2D eigenvalue weighted by Crippen LogP contribution is 2.32. The Kier molecular flexibility index (Phi) is 9.13. The summed E-state index contributed by atoms with van der Waals surface area (Å²) in [5, 5.41) is 6.72. The number of fused-ring (bicyclic) bond motifs is 1. The predicted octanol–water partition coefficient (Wildman–Crippen LogP) is 4.43. The van der Waals surface area contributed by atoms with E-state index in [9.17, 15) is 0 Å². The number of nitrogens with zero attached hydrogens (tertiary/aromatic N) is 1. The quantitative estimate of drug-likeness (QED) is 0.218. The highest BCUT2D eigenvalue weighted by Gasteiger charge is 2.20. The topological polar surface area (TPSA) is 77.3 Å². The standard InChI is InChI=1S/C22H29N3O4.HI/c1-4-19(27-11-1)15-24-22(23-9-2-10-26-16-17-5-6-17)25-18-7-8-20-21(14-18)29-13-3-12-28-20;/h1,4,7-8,11,14,17H,2-3,5-6,9-10,12-13,15-16H2,(H2,23,24,25);1H. The number of hydrogen-bond donors (Lipinski definition) is 2. The Bertz CT molecular complexity index is 794. The summed E-state index contributed by atoms with van der Waals surface area (Å²) in [6, 6.07) is 9.63. The average molecular weight is 527 g/mol. The van der Waals surface area contributed by atoms with Gasteiger partial charge in [0.1, 0.15) is 12.3 Å². The molecule has 0 bridgehead atoms. The lowest BCUT2D eigenvalue weighted by Gasteiger charge is -2.14. The van der Waals surface area contributed by atoms with Gasteiger partial charge in [-0.05, 0) is 49.4 Å². The SMILES string of the molecule is I.c1coc(CN=C(NCCCOCC2CC2)Nc2ccc3c(c2)OCCCO3)c1. The molecule has 2 aromatic rings. The predicted molar refractivity (Wildman–Crippen MR) is 127 cm³/mol. The van der Waals surface area contributed by atoms with Crippen LogP contribution in [0.5, 0.6) is 11.5 Å². The number of benzene rings is 1. The van der Waals surface area contributed by atoms with E-state index in [-0.39, 0.29) is 24.0 Å². The third kappa shape index (κ3) is 7.39. The fourth-order valence-electron chi connectivity index (χ4n) is 2.99. The molecular weight excluding hydrogens is 497 g/mol. The van der Waals surface area contributed by atoms with E-state index < -0.39 is 0 Å². The maximum atomic E-state index is 5.78. The fraction of sp³-hybridized carbons (Fsp3) is 0.500. The maximum absolute atomic E-state index is 5.78. The van der Waals surface area contributed by atoms with Gasteiger partial charge in [0.2, 0.25) is 0 Å². The maximum Gasteiger partial charge on any atom is 0.196 e. The molecule has 2 heterocycles. The van der Waals surface area contributed by atoms with E-state index in [1.54, 1.807) is 6.26 Å². The zero-order chi connectivity index (χ0) is 19.7. The Balaban J connectivity index is 0.00000256. The van der Waals surface area contributed by atoms with Crippen molar-refractivity contribution in [2.45, 2.75) is 32.2 Å². The van der Waals surface area contributed by atoms with Gasteiger partial charge in [-0.15, -0.1) is 24.0 Å². The molecule has 0 radical (unpaired) electrons. The molecule has 0 spiro atoms. The van der Waals surface area contributed by atoms with Crippen LogP contribution < -0.4 is 20.1 Å². The van der Waals surface area contributed by atoms with Crippen LogP contribution in [0, 0.1) is 5.92 Å². The molecule has 30 heavy (non-hydrogen) atoms. The van der Waals surface area contributed by atoms with Gasteiger partial charge in [0.15, 0.2) is 17.5 Å². The van der Waals surface area contributed by atoms with Crippen LogP contribution in [0.15, 0.2) is 46.0 Å². The summed E-state index contributed by atoms with van der Waals surface area (Å²) in [5.74, 6) is 3.85.